The van der Waals surface area contributed by atoms with E-state index in [9.17, 15) is 4.79 Å². The zero-order valence-corrected chi connectivity index (χ0v) is 20.3. The van der Waals surface area contributed by atoms with E-state index in [-0.39, 0.29) is 11.9 Å². The van der Waals surface area contributed by atoms with Crippen LogP contribution in [0.15, 0.2) is 119 Å². The summed E-state index contributed by atoms with van der Waals surface area (Å²) in [5.74, 6) is 0.124. The largest absolute Gasteiger partial charge is 0.300 e. The molecule has 0 aromatic heterocycles. The molecule has 4 heteroatoms. The molecule has 1 unspecified atom stereocenters. The molecule has 5 rings (SSSR count). The van der Waals surface area contributed by atoms with Gasteiger partial charge in [0.15, 0.2) is 4.08 Å². The smallest absolute Gasteiger partial charge is 0.257 e. The number of benzene rings is 4. The van der Waals surface area contributed by atoms with E-state index in [1.54, 1.807) is 23.5 Å². The van der Waals surface area contributed by atoms with Crippen molar-refractivity contribution in [2.75, 3.05) is 4.90 Å². The quantitative estimate of drug-likeness (QED) is 0.214. The van der Waals surface area contributed by atoms with E-state index in [2.05, 4.69) is 86.6 Å². The van der Waals surface area contributed by atoms with Gasteiger partial charge in [0.2, 0.25) is 0 Å². The Morgan fingerprint density at radius 1 is 0.636 bits per heavy atom. The average Bonchev–Trinajstić information content (AvgIpc) is 2.85. The van der Waals surface area contributed by atoms with Crippen LogP contribution in [0.25, 0.3) is 0 Å². The van der Waals surface area contributed by atoms with Crippen LogP contribution in [-0.4, -0.2) is 9.99 Å². The van der Waals surface area contributed by atoms with E-state index in [0.717, 1.165) is 21.0 Å². The van der Waals surface area contributed by atoms with Crippen molar-refractivity contribution in [3.05, 3.63) is 126 Å². The van der Waals surface area contributed by atoms with Crippen LogP contribution in [0.4, 0.5) is 5.69 Å². The van der Waals surface area contributed by atoms with Gasteiger partial charge in [0.1, 0.15) is 0 Å². The minimum absolute atomic E-state index is 0.105. The molecule has 1 saturated heterocycles. The summed E-state index contributed by atoms with van der Waals surface area (Å²) in [6.45, 7) is 4.17. The highest BCUT2D eigenvalue weighted by atomic mass is 32.2. The maximum absolute atomic E-state index is 14.1. The maximum atomic E-state index is 14.1. The lowest BCUT2D eigenvalue weighted by molar-refractivity contribution is -0.124. The van der Waals surface area contributed by atoms with Crippen LogP contribution in [0.2, 0.25) is 0 Å². The number of thioether (sulfide) groups is 2. The molecular weight excluding hydrogens is 442 g/mol. The Hall–Kier alpha value is -2.95. The molecule has 164 valence electrons. The summed E-state index contributed by atoms with van der Waals surface area (Å²) in [5.41, 5.74) is 4.50. The van der Waals surface area contributed by atoms with Crippen LogP contribution in [-0.2, 0) is 4.79 Å². The molecule has 1 atom stereocenters. The van der Waals surface area contributed by atoms with Crippen molar-refractivity contribution in [2.24, 2.45) is 0 Å². The van der Waals surface area contributed by atoms with Gasteiger partial charge in [-0.15, -0.1) is 0 Å². The molecule has 1 fully saturated rings. The van der Waals surface area contributed by atoms with Crippen LogP contribution >= 0.6 is 23.5 Å². The summed E-state index contributed by atoms with van der Waals surface area (Å²) < 4.78 is -0.707. The molecule has 0 N–H and O–H groups in total. The third-order valence-electron chi connectivity index (χ3n) is 5.87. The Morgan fingerprint density at radius 3 is 1.58 bits per heavy atom. The zero-order chi connectivity index (χ0) is 22.8. The van der Waals surface area contributed by atoms with E-state index < -0.39 is 4.08 Å². The van der Waals surface area contributed by atoms with E-state index in [1.807, 2.05) is 41.3 Å². The molecule has 1 aliphatic heterocycles. The first-order valence-electron chi connectivity index (χ1n) is 11.0. The molecule has 33 heavy (non-hydrogen) atoms. The lowest BCUT2D eigenvalue weighted by Gasteiger charge is -2.55. The van der Waals surface area contributed by atoms with Crippen LogP contribution in [0.5, 0.6) is 0 Å². The molecule has 4 aromatic rings. The number of carbonyl (C=O) groups is 1. The van der Waals surface area contributed by atoms with Gasteiger partial charge in [0.05, 0.1) is 6.04 Å². The second-order valence-electron chi connectivity index (χ2n) is 8.32. The number of β-lactam (4-membered cyclic amide) rings is 1. The molecule has 1 amide bonds. The summed E-state index contributed by atoms with van der Waals surface area (Å²) in [5, 5.41) is 0. The number of anilines is 1. The Bertz CT molecular complexity index is 1190. The van der Waals surface area contributed by atoms with Gasteiger partial charge >= 0.3 is 0 Å². The number of nitrogens with zero attached hydrogens (tertiary/aromatic N) is 1. The van der Waals surface area contributed by atoms with Crippen molar-refractivity contribution in [3.63, 3.8) is 0 Å². The third kappa shape index (κ3) is 4.21. The molecule has 4 aromatic carbocycles. The van der Waals surface area contributed by atoms with Gasteiger partial charge in [-0.2, -0.15) is 0 Å². The first kappa shape index (κ1) is 21.9. The van der Waals surface area contributed by atoms with Crippen molar-refractivity contribution in [3.8, 4) is 0 Å². The number of para-hydroxylation sites is 1. The Kier molecular flexibility index (Phi) is 6.05. The fourth-order valence-corrected chi connectivity index (χ4v) is 7.21. The fraction of sp³-hybridized carbons (Fsp3) is 0.138. The monoisotopic (exact) mass is 467 g/mol. The minimum atomic E-state index is -0.707. The topological polar surface area (TPSA) is 20.3 Å². The molecule has 0 spiro atoms. The summed E-state index contributed by atoms with van der Waals surface area (Å²) in [7, 11) is 0. The van der Waals surface area contributed by atoms with Crippen LogP contribution in [0, 0.1) is 13.8 Å². The molecular formula is C29H25NOS2. The van der Waals surface area contributed by atoms with Crippen molar-refractivity contribution in [1.82, 2.24) is 0 Å². The average molecular weight is 468 g/mol. The van der Waals surface area contributed by atoms with E-state index in [1.165, 1.54) is 11.1 Å². The van der Waals surface area contributed by atoms with Gasteiger partial charge in [-0.1, -0.05) is 107 Å². The van der Waals surface area contributed by atoms with Gasteiger partial charge in [0.25, 0.3) is 5.91 Å². The molecule has 1 heterocycles. The van der Waals surface area contributed by atoms with Crippen molar-refractivity contribution < 1.29 is 4.79 Å². The molecule has 0 saturated carbocycles. The predicted molar refractivity (Wildman–Crippen MR) is 140 cm³/mol. The summed E-state index contributed by atoms with van der Waals surface area (Å²) >= 11 is 3.33. The summed E-state index contributed by atoms with van der Waals surface area (Å²) in [6.07, 6.45) is 0. The van der Waals surface area contributed by atoms with E-state index in [4.69, 9.17) is 0 Å². The van der Waals surface area contributed by atoms with Gasteiger partial charge in [-0.3, -0.25) is 4.79 Å². The molecule has 2 nitrogen and oxygen atoms in total. The first-order valence-corrected chi connectivity index (χ1v) is 12.7. The first-order chi connectivity index (χ1) is 16.1. The van der Waals surface area contributed by atoms with Crippen molar-refractivity contribution >= 4 is 35.1 Å². The van der Waals surface area contributed by atoms with Crippen molar-refractivity contribution in [1.29, 1.82) is 0 Å². The Balaban J connectivity index is 1.63. The van der Waals surface area contributed by atoms with Gasteiger partial charge in [-0.25, -0.2) is 0 Å². The number of rotatable bonds is 6. The maximum Gasteiger partial charge on any atom is 0.257 e. The molecule has 1 aliphatic rings. The molecule has 0 radical (unpaired) electrons. The lowest BCUT2D eigenvalue weighted by Crippen LogP contribution is -2.65. The Morgan fingerprint density at radius 2 is 1.09 bits per heavy atom. The van der Waals surface area contributed by atoms with Crippen LogP contribution < -0.4 is 4.90 Å². The highest BCUT2D eigenvalue weighted by molar-refractivity contribution is 8.19. The number of hydrogen-bond donors (Lipinski definition) is 0. The number of aryl methyl sites for hydroxylation is 2. The second-order valence-corrected chi connectivity index (χ2v) is 11.2. The zero-order valence-electron chi connectivity index (χ0n) is 18.6. The van der Waals surface area contributed by atoms with Gasteiger partial charge in [0, 0.05) is 15.5 Å². The van der Waals surface area contributed by atoms with Crippen LogP contribution in [0.3, 0.4) is 0 Å². The lowest BCUT2D eigenvalue weighted by atomic mass is 9.91. The summed E-state index contributed by atoms with van der Waals surface area (Å²) in [4.78, 5) is 18.2. The number of carbonyl (C=O) groups excluding carboxylic acids is 1. The van der Waals surface area contributed by atoms with Crippen LogP contribution in [0.1, 0.15) is 22.7 Å². The van der Waals surface area contributed by atoms with Gasteiger partial charge in [-0.05, 0) is 55.8 Å². The highest BCUT2D eigenvalue weighted by Gasteiger charge is 2.63. The summed E-state index contributed by atoms with van der Waals surface area (Å²) in [6, 6.07) is 37.2. The predicted octanol–water partition coefficient (Wildman–Crippen LogP) is 7.67. The second kappa shape index (κ2) is 9.12. The van der Waals surface area contributed by atoms with E-state index in [0.29, 0.717) is 0 Å². The number of hydrogen-bond acceptors (Lipinski definition) is 3. The molecule has 0 aliphatic carbocycles. The van der Waals surface area contributed by atoms with E-state index >= 15 is 0 Å². The normalized spacial score (nSPS) is 17.0. The standard InChI is InChI=1S/C29H25NOS2/c1-21-13-17-25(18-14-21)32-29(33-26-19-15-22(2)16-20-26)27(23-9-5-3-6-10-23)30(28(29)31)24-11-7-4-8-12-24/h3-20,27H,1-2H3. The molecule has 0 bridgehead atoms. The van der Waals surface area contributed by atoms with Crippen molar-refractivity contribution in [2.45, 2.75) is 33.8 Å². The van der Waals surface area contributed by atoms with Gasteiger partial charge < -0.3 is 4.90 Å². The third-order valence-corrected chi connectivity index (χ3v) is 8.78. The minimum Gasteiger partial charge on any atom is -0.300 e. The Labute approximate surface area is 204 Å². The SMILES string of the molecule is Cc1ccc(SC2(Sc3ccc(C)cc3)C(=O)N(c3ccccc3)C2c2ccccc2)cc1. The number of amides is 1. The highest BCUT2D eigenvalue weighted by Crippen LogP contribution is 2.63. The fourth-order valence-electron chi connectivity index (χ4n) is 4.15.